The Balaban J connectivity index is 4.41. The number of rotatable bonds is 5. The zero-order valence-corrected chi connectivity index (χ0v) is 11.2. The van der Waals surface area contributed by atoms with Gasteiger partial charge in [0.25, 0.3) is 0 Å². The van der Waals surface area contributed by atoms with Crippen LogP contribution in [0.1, 0.15) is 27.7 Å². The highest BCUT2D eigenvalue weighted by Crippen LogP contribution is 2.18. The highest BCUT2D eigenvalue weighted by molar-refractivity contribution is 9.09. The predicted molar refractivity (Wildman–Crippen MR) is 61.0 cm³/mol. The van der Waals surface area contributed by atoms with Gasteiger partial charge in [0.1, 0.15) is 0 Å². The van der Waals surface area contributed by atoms with Crippen LogP contribution in [0.2, 0.25) is 0 Å². The van der Waals surface area contributed by atoms with E-state index in [-0.39, 0.29) is 11.2 Å². The lowest BCUT2D eigenvalue weighted by Crippen LogP contribution is -2.27. The zero-order chi connectivity index (χ0) is 10.6. The standard InChI is InChI=1S/C9H19BrO2S/c1-7(2)9(5-10)6-13(11,12)8(3)4/h7-9H,5-6H2,1-4H3. The van der Waals surface area contributed by atoms with Crippen LogP contribution in [0, 0.1) is 11.8 Å². The molecule has 0 aliphatic rings. The summed E-state index contributed by atoms with van der Waals surface area (Å²) in [5.74, 6) is 0.938. The molecule has 0 fully saturated rings. The van der Waals surface area contributed by atoms with Crippen molar-refractivity contribution < 1.29 is 8.42 Å². The van der Waals surface area contributed by atoms with Gasteiger partial charge in [0.05, 0.1) is 11.0 Å². The van der Waals surface area contributed by atoms with Crippen LogP contribution in [-0.2, 0) is 9.84 Å². The van der Waals surface area contributed by atoms with E-state index < -0.39 is 9.84 Å². The summed E-state index contributed by atoms with van der Waals surface area (Å²) in [4.78, 5) is 0. The molecule has 0 aromatic rings. The van der Waals surface area contributed by atoms with Crippen molar-refractivity contribution in [3.05, 3.63) is 0 Å². The van der Waals surface area contributed by atoms with Crippen molar-refractivity contribution in [1.29, 1.82) is 0 Å². The molecule has 2 nitrogen and oxygen atoms in total. The Hall–Kier alpha value is 0.430. The number of hydrogen-bond donors (Lipinski definition) is 0. The largest absolute Gasteiger partial charge is 0.229 e. The molecule has 0 saturated heterocycles. The first kappa shape index (κ1) is 13.4. The van der Waals surface area contributed by atoms with E-state index in [0.29, 0.717) is 11.7 Å². The summed E-state index contributed by atoms with van der Waals surface area (Å²) in [6.45, 7) is 7.59. The second-order valence-corrected chi connectivity index (χ2v) is 7.29. The summed E-state index contributed by atoms with van der Waals surface area (Å²) in [7, 11) is -2.88. The van der Waals surface area contributed by atoms with Crippen LogP contribution in [0.15, 0.2) is 0 Å². The Morgan fingerprint density at radius 1 is 1.15 bits per heavy atom. The van der Waals surface area contributed by atoms with Crippen LogP contribution in [0.3, 0.4) is 0 Å². The number of hydrogen-bond acceptors (Lipinski definition) is 2. The van der Waals surface area contributed by atoms with Crippen LogP contribution in [0.25, 0.3) is 0 Å². The van der Waals surface area contributed by atoms with Crippen molar-refractivity contribution >= 4 is 25.8 Å². The molecule has 0 aliphatic heterocycles. The minimum atomic E-state index is -2.88. The third-order valence-corrected chi connectivity index (χ3v) is 5.47. The van der Waals surface area contributed by atoms with Gasteiger partial charge in [-0.25, -0.2) is 8.42 Å². The molecule has 0 bridgehead atoms. The lowest BCUT2D eigenvalue weighted by Gasteiger charge is -2.19. The van der Waals surface area contributed by atoms with E-state index in [4.69, 9.17) is 0 Å². The summed E-state index contributed by atoms with van der Waals surface area (Å²) >= 11 is 3.35. The average molecular weight is 271 g/mol. The smallest absolute Gasteiger partial charge is 0.152 e. The first-order valence-corrected chi connectivity index (χ1v) is 7.42. The maximum absolute atomic E-state index is 11.6. The van der Waals surface area contributed by atoms with Gasteiger partial charge in [0, 0.05) is 5.33 Å². The first-order chi connectivity index (χ1) is 5.81. The Morgan fingerprint density at radius 2 is 1.62 bits per heavy atom. The third-order valence-electron chi connectivity index (χ3n) is 2.31. The topological polar surface area (TPSA) is 34.1 Å². The van der Waals surface area contributed by atoms with E-state index in [2.05, 4.69) is 29.8 Å². The van der Waals surface area contributed by atoms with Crippen molar-refractivity contribution in [3.8, 4) is 0 Å². The SMILES string of the molecule is CC(C)C(CBr)CS(=O)(=O)C(C)C. The highest BCUT2D eigenvalue weighted by Gasteiger charge is 2.23. The van der Waals surface area contributed by atoms with Crippen molar-refractivity contribution in [3.63, 3.8) is 0 Å². The van der Waals surface area contributed by atoms with Gasteiger partial charge < -0.3 is 0 Å². The average Bonchev–Trinajstić information content (AvgIpc) is 1.99. The Bertz CT molecular complexity index is 232. The first-order valence-electron chi connectivity index (χ1n) is 4.58. The minimum Gasteiger partial charge on any atom is -0.229 e. The lowest BCUT2D eigenvalue weighted by atomic mass is 10.0. The fourth-order valence-corrected chi connectivity index (χ4v) is 3.67. The monoisotopic (exact) mass is 270 g/mol. The van der Waals surface area contributed by atoms with Crippen LogP contribution in [-0.4, -0.2) is 24.8 Å². The van der Waals surface area contributed by atoms with Gasteiger partial charge in [-0.1, -0.05) is 29.8 Å². The number of halogens is 1. The maximum Gasteiger partial charge on any atom is 0.152 e. The minimum absolute atomic E-state index is 0.229. The van der Waals surface area contributed by atoms with E-state index in [9.17, 15) is 8.42 Å². The van der Waals surface area contributed by atoms with E-state index in [1.54, 1.807) is 13.8 Å². The predicted octanol–water partition coefficient (Wildman–Crippen LogP) is 2.48. The fourth-order valence-electron chi connectivity index (χ4n) is 0.906. The Labute approximate surface area is 90.2 Å². The van der Waals surface area contributed by atoms with E-state index in [0.717, 1.165) is 5.33 Å². The van der Waals surface area contributed by atoms with Gasteiger partial charge in [-0.3, -0.25) is 0 Å². The van der Waals surface area contributed by atoms with Gasteiger partial charge in [0.2, 0.25) is 0 Å². The fraction of sp³-hybridized carbons (Fsp3) is 1.00. The molecule has 4 heteroatoms. The van der Waals surface area contributed by atoms with E-state index in [1.165, 1.54) is 0 Å². The second kappa shape index (κ2) is 5.35. The molecule has 0 heterocycles. The molecule has 80 valence electrons. The van der Waals surface area contributed by atoms with Crippen LogP contribution < -0.4 is 0 Å². The van der Waals surface area contributed by atoms with Crippen LogP contribution in [0.4, 0.5) is 0 Å². The lowest BCUT2D eigenvalue weighted by molar-refractivity contribution is 0.460. The Kier molecular flexibility index (Phi) is 5.52. The highest BCUT2D eigenvalue weighted by atomic mass is 79.9. The van der Waals surface area contributed by atoms with Crippen molar-refractivity contribution in [2.45, 2.75) is 32.9 Å². The number of alkyl halides is 1. The van der Waals surface area contributed by atoms with E-state index in [1.807, 2.05) is 0 Å². The molecule has 0 radical (unpaired) electrons. The molecule has 0 N–H and O–H groups in total. The molecule has 13 heavy (non-hydrogen) atoms. The van der Waals surface area contributed by atoms with Crippen molar-refractivity contribution in [1.82, 2.24) is 0 Å². The maximum atomic E-state index is 11.6. The van der Waals surface area contributed by atoms with Gasteiger partial charge in [-0.15, -0.1) is 0 Å². The van der Waals surface area contributed by atoms with Crippen molar-refractivity contribution in [2.24, 2.45) is 11.8 Å². The van der Waals surface area contributed by atoms with Crippen LogP contribution in [0.5, 0.6) is 0 Å². The molecule has 0 aliphatic carbocycles. The molecule has 0 spiro atoms. The molecule has 1 unspecified atom stereocenters. The molecule has 1 atom stereocenters. The molecule has 0 amide bonds. The summed E-state index contributed by atoms with van der Waals surface area (Å²) in [5.41, 5.74) is 0. The quantitative estimate of drug-likeness (QED) is 0.720. The summed E-state index contributed by atoms with van der Waals surface area (Å²) in [6.07, 6.45) is 0. The van der Waals surface area contributed by atoms with Crippen molar-refractivity contribution in [2.75, 3.05) is 11.1 Å². The van der Waals surface area contributed by atoms with Gasteiger partial charge in [0.15, 0.2) is 9.84 Å². The van der Waals surface area contributed by atoms with Gasteiger partial charge >= 0.3 is 0 Å². The number of sulfone groups is 1. The molecule has 0 rings (SSSR count). The second-order valence-electron chi connectivity index (χ2n) is 4.04. The molecule has 0 aromatic carbocycles. The van der Waals surface area contributed by atoms with Crippen LogP contribution >= 0.6 is 15.9 Å². The normalized spacial score (nSPS) is 15.3. The van der Waals surface area contributed by atoms with Gasteiger partial charge in [-0.05, 0) is 25.7 Å². The van der Waals surface area contributed by atoms with E-state index >= 15 is 0 Å². The molecular formula is C9H19BrO2S. The summed E-state index contributed by atoms with van der Waals surface area (Å²) in [5, 5.41) is 0.504. The summed E-state index contributed by atoms with van der Waals surface area (Å²) < 4.78 is 23.2. The molecular weight excluding hydrogens is 252 g/mol. The third kappa shape index (κ3) is 4.45. The molecule has 0 aromatic heterocycles. The Morgan fingerprint density at radius 3 is 1.85 bits per heavy atom. The zero-order valence-electron chi connectivity index (χ0n) is 8.75. The summed E-state index contributed by atoms with van der Waals surface area (Å²) in [6, 6.07) is 0. The van der Waals surface area contributed by atoms with Gasteiger partial charge in [-0.2, -0.15) is 0 Å². The molecule has 0 saturated carbocycles.